The first kappa shape index (κ1) is 14.4. The Kier molecular flexibility index (Phi) is 4.18. The Morgan fingerprint density at radius 2 is 2.00 bits per heavy atom. The topological polar surface area (TPSA) is 21.3 Å². The fourth-order valence-corrected chi connectivity index (χ4v) is 3.03. The predicted molar refractivity (Wildman–Crippen MR) is 87.2 cm³/mol. The summed E-state index contributed by atoms with van der Waals surface area (Å²) < 4.78 is 5.77. The van der Waals surface area contributed by atoms with E-state index >= 15 is 0 Å². The summed E-state index contributed by atoms with van der Waals surface area (Å²) in [4.78, 5) is 0. The molecule has 1 aliphatic rings. The minimum atomic E-state index is 0.291. The zero-order chi connectivity index (χ0) is 14.8. The molecule has 0 amide bonds. The van der Waals surface area contributed by atoms with Gasteiger partial charge in [-0.25, -0.2) is 0 Å². The molecule has 2 unspecified atom stereocenters. The lowest BCUT2D eigenvalue weighted by molar-refractivity contribution is 0.254. The van der Waals surface area contributed by atoms with Crippen LogP contribution in [0.25, 0.3) is 0 Å². The van der Waals surface area contributed by atoms with E-state index in [1.165, 1.54) is 16.7 Å². The summed E-state index contributed by atoms with van der Waals surface area (Å²) in [5.41, 5.74) is 3.91. The average molecular weight is 302 g/mol. The van der Waals surface area contributed by atoms with Gasteiger partial charge in [0.25, 0.3) is 0 Å². The van der Waals surface area contributed by atoms with Crippen LogP contribution in [0.2, 0.25) is 5.02 Å². The molecule has 0 radical (unpaired) electrons. The standard InChI is InChI=1S/C18H20ClNO/c1-12-9-15-11-14(5-8-18(15)21-12)17(20-2)10-13-3-6-16(19)7-4-13/h3-8,11-12,17,20H,9-10H2,1-2H3. The van der Waals surface area contributed by atoms with Gasteiger partial charge in [-0.05, 0) is 55.3 Å². The molecule has 0 aromatic heterocycles. The van der Waals surface area contributed by atoms with Gasteiger partial charge in [-0.15, -0.1) is 0 Å². The number of ether oxygens (including phenoxy) is 1. The van der Waals surface area contributed by atoms with Crippen molar-refractivity contribution in [1.29, 1.82) is 0 Å². The van der Waals surface area contributed by atoms with Crippen molar-refractivity contribution < 1.29 is 4.74 Å². The van der Waals surface area contributed by atoms with Crippen molar-refractivity contribution in [1.82, 2.24) is 5.32 Å². The third-order valence-electron chi connectivity index (χ3n) is 4.02. The minimum absolute atomic E-state index is 0.291. The van der Waals surface area contributed by atoms with Crippen molar-refractivity contribution in [3.8, 4) is 5.75 Å². The Balaban J connectivity index is 1.80. The van der Waals surface area contributed by atoms with Gasteiger partial charge in [0, 0.05) is 17.5 Å². The van der Waals surface area contributed by atoms with Gasteiger partial charge in [0.15, 0.2) is 0 Å². The lowest BCUT2D eigenvalue weighted by Crippen LogP contribution is -2.18. The van der Waals surface area contributed by atoms with Gasteiger partial charge in [-0.3, -0.25) is 0 Å². The second-order valence-corrected chi connectivity index (χ2v) is 6.11. The molecule has 21 heavy (non-hydrogen) atoms. The molecule has 0 saturated carbocycles. The largest absolute Gasteiger partial charge is 0.490 e. The van der Waals surface area contributed by atoms with E-state index in [9.17, 15) is 0 Å². The van der Waals surface area contributed by atoms with Crippen molar-refractivity contribution in [2.24, 2.45) is 0 Å². The Hall–Kier alpha value is -1.51. The molecule has 1 N–H and O–H groups in total. The minimum Gasteiger partial charge on any atom is -0.490 e. The van der Waals surface area contributed by atoms with Crippen LogP contribution in [0.4, 0.5) is 0 Å². The first-order valence-corrected chi connectivity index (χ1v) is 7.74. The highest BCUT2D eigenvalue weighted by Crippen LogP contribution is 2.31. The summed E-state index contributed by atoms with van der Waals surface area (Å²) in [5, 5.41) is 4.19. The zero-order valence-electron chi connectivity index (χ0n) is 12.4. The SMILES string of the molecule is CNC(Cc1ccc(Cl)cc1)c1ccc2c(c1)CC(C)O2. The molecule has 1 aliphatic heterocycles. The molecule has 3 rings (SSSR count). The molecule has 2 aromatic carbocycles. The molecular formula is C18H20ClNO. The van der Waals surface area contributed by atoms with Crippen LogP contribution in [0.5, 0.6) is 5.75 Å². The second-order valence-electron chi connectivity index (χ2n) is 5.67. The molecule has 0 fully saturated rings. The summed E-state index contributed by atoms with van der Waals surface area (Å²) in [7, 11) is 2.01. The van der Waals surface area contributed by atoms with Gasteiger partial charge in [0.1, 0.15) is 11.9 Å². The number of fused-ring (bicyclic) bond motifs is 1. The maximum absolute atomic E-state index is 5.95. The molecule has 0 saturated heterocycles. The smallest absolute Gasteiger partial charge is 0.123 e. The third-order valence-corrected chi connectivity index (χ3v) is 4.28. The Bertz CT molecular complexity index is 624. The van der Waals surface area contributed by atoms with E-state index in [1.807, 2.05) is 19.2 Å². The summed E-state index contributed by atoms with van der Waals surface area (Å²) in [6.45, 7) is 2.11. The van der Waals surface area contributed by atoms with Crippen LogP contribution in [0.15, 0.2) is 42.5 Å². The van der Waals surface area contributed by atoms with Crippen LogP contribution in [0.3, 0.4) is 0 Å². The molecule has 2 aromatic rings. The van der Waals surface area contributed by atoms with E-state index < -0.39 is 0 Å². The van der Waals surface area contributed by atoms with Crippen molar-refractivity contribution in [2.45, 2.75) is 31.9 Å². The van der Waals surface area contributed by atoms with Gasteiger partial charge in [0.2, 0.25) is 0 Å². The molecule has 3 heteroatoms. The van der Waals surface area contributed by atoms with Crippen LogP contribution in [-0.2, 0) is 12.8 Å². The molecular weight excluding hydrogens is 282 g/mol. The van der Waals surface area contributed by atoms with Crippen molar-refractivity contribution in [3.63, 3.8) is 0 Å². The van der Waals surface area contributed by atoms with Gasteiger partial charge in [-0.2, -0.15) is 0 Å². The van der Waals surface area contributed by atoms with Crippen molar-refractivity contribution in [2.75, 3.05) is 7.05 Å². The monoisotopic (exact) mass is 301 g/mol. The van der Waals surface area contributed by atoms with Crippen molar-refractivity contribution >= 4 is 11.6 Å². The van der Waals surface area contributed by atoms with Crippen LogP contribution in [-0.4, -0.2) is 13.2 Å². The van der Waals surface area contributed by atoms with Gasteiger partial charge < -0.3 is 10.1 Å². The number of hydrogen-bond acceptors (Lipinski definition) is 2. The van der Waals surface area contributed by atoms with Crippen LogP contribution < -0.4 is 10.1 Å². The number of benzene rings is 2. The fourth-order valence-electron chi connectivity index (χ4n) is 2.90. The maximum Gasteiger partial charge on any atom is 0.123 e. The van der Waals surface area contributed by atoms with Crippen LogP contribution in [0, 0.1) is 0 Å². The normalized spacial score (nSPS) is 18.1. The van der Waals surface area contributed by atoms with E-state index in [4.69, 9.17) is 16.3 Å². The molecule has 0 aliphatic carbocycles. The molecule has 0 spiro atoms. The summed E-state index contributed by atoms with van der Waals surface area (Å²) in [6.07, 6.45) is 2.24. The van der Waals surface area contributed by atoms with E-state index in [-0.39, 0.29) is 0 Å². The van der Waals surface area contributed by atoms with E-state index in [2.05, 4.69) is 42.6 Å². The summed E-state index contributed by atoms with van der Waals surface area (Å²) >= 11 is 5.95. The quantitative estimate of drug-likeness (QED) is 0.915. The number of nitrogens with one attached hydrogen (secondary N) is 1. The fraction of sp³-hybridized carbons (Fsp3) is 0.333. The number of likely N-dealkylation sites (N-methyl/N-ethyl adjacent to an activating group) is 1. The third kappa shape index (κ3) is 3.22. The van der Waals surface area contributed by atoms with E-state index in [0.717, 1.165) is 23.6 Å². The first-order chi connectivity index (χ1) is 10.2. The Morgan fingerprint density at radius 3 is 2.71 bits per heavy atom. The van der Waals surface area contributed by atoms with Gasteiger partial charge in [-0.1, -0.05) is 35.9 Å². The highest BCUT2D eigenvalue weighted by Gasteiger charge is 2.20. The molecule has 0 bridgehead atoms. The molecule has 1 heterocycles. The lowest BCUT2D eigenvalue weighted by atomic mass is 9.96. The van der Waals surface area contributed by atoms with Crippen LogP contribution >= 0.6 is 11.6 Å². The molecule has 2 nitrogen and oxygen atoms in total. The lowest BCUT2D eigenvalue weighted by Gasteiger charge is -2.17. The van der Waals surface area contributed by atoms with Gasteiger partial charge >= 0.3 is 0 Å². The number of hydrogen-bond donors (Lipinski definition) is 1. The highest BCUT2D eigenvalue weighted by molar-refractivity contribution is 6.30. The predicted octanol–water partition coefficient (Wildman–Crippen LogP) is 4.17. The summed E-state index contributed by atoms with van der Waals surface area (Å²) in [5.74, 6) is 1.03. The zero-order valence-corrected chi connectivity index (χ0v) is 13.2. The number of rotatable bonds is 4. The molecule has 110 valence electrons. The van der Waals surface area contributed by atoms with Gasteiger partial charge in [0.05, 0.1) is 0 Å². The summed E-state index contributed by atoms with van der Waals surface area (Å²) in [6, 6.07) is 14.9. The highest BCUT2D eigenvalue weighted by atomic mass is 35.5. The Morgan fingerprint density at radius 1 is 1.24 bits per heavy atom. The second kappa shape index (κ2) is 6.08. The maximum atomic E-state index is 5.95. The molecule has 2 atom stereocenters. The average Bonchev–Trinajstić information content (AvgIpc) is 2.85. The first-order valence-electron chi connectivity index (χ1n) is 7.37. The van der Waals surface area contributed by atoms with Crippen LogP contribution in [0.1, 0.15) is 29.7 Å². The Labute approximate surface area is 131 Å². The number of halogens is 1. The van der Waals surface area contributed by atoms with Crippen molar-refractivity contribution in [3.05, 3.63) is 64.2 Å². The van der Waals surface area contributed by atoms with E-state index in [1.54, 1.807) is 0 Å². The van der Waals surface area contributed by atoms with E-state index in [0.29, 0.717) is 12.1 Å².